The van der Waals surface area contributed by atoms with Gasteiger partial charge in [-0.15, -0.1) is 0 Å². The van der Waals surface area contributed by atoms with Gasteiger partial charge in [0.15, 0.2) is 0 Å². The minimum Gasteiger partial charge on any atom is -0.326 e. The van der Waals surface area contributed by atoms with Crippen molar-refractivity contribution < 1.29 is 4.79 Å². The van der Waals surface area contributed by atoms with Gasteiger partial charge in [0.1, 0.15) is 0 Å². The third-order valence-electron chi connectivity index (χ3n) is 4.19. The summed E-state index contributed by atoms with van der Waals surface area (Å²) >= 11 is 0. The Balaban J connectivity index is 2.03. The first-order chi connectivity index (χ1) is 9.68. The molecule has 0 radical (unpaired) electrons. The molecular formula is C17H26N2O. The molecule has 0 saturated heterocycles. The lowest BCUT2D eigenvalue weighted by Crippen LogP contribution is -2.24. The number of carbonyl (C=O) groups excluding carboxylic acids is 1. The molecule has 0 aliphatic heterocycles. The molecule has 3 N–H and O–H groups in total. The van der Waals surface area contributed by atoms with Gasteiger partial charge >= 0.3 is 0 Å². The quantitative estimate of drug-likeness (QED) is 0.875. The maximum atomic E-state index is 12.5. The Labute approximate surface area is 121 Å². The summed E-state index contributed by atoms with van der Waals surface area (Å²) < 4.78 is 0. The first-order valence-corrected chi connectivity index (χ1v) is 7.84. The van der Waals surface area contributed by atoms with E-state index in [0.717, 1.165) is 24.1 Å². The summed E-state index contributed by atoms with van der Waals surface area (Å²) in [6.07, 6.45) is 8.24. The van der Waals surface area contributed by atoms with Crippen LogP contribution in [-0.4, -0.2) is 5.91 Å². The highest BCUT2D eigenvalue weighted by Crippen LogP contribution is 2.26. The molecule has 1 saturated carbocycles. The second-order valence-electron chi connectivity index (χ2n) is 5.91. The van der Waals surface area contributed by atoms with Crippen LogP contribution in [-0.2, 0) is 4.79 Å². The van der Waals surface area contributed by atoms with Crippen molar-refractivity contribution in [1.29, 1.82) is 0 Å². The summed E-state index contributed by atoms with van der Waals surface area (Å²) in [4.78, 5) is 12.5. The zero-order chi connectivity index (χ0) is 14.4. The van der Waals surface area contributed by atoms with Crippen molar-refractivity contribution in [3.05, 3.63) is 29.8 Å². The highest BCUT2D eigenvalue weighted by molar-refractivity contribution is 5.93. The maximum absolute atomic E-state index is 12.5. The van der Waals surface area contributed by atoms with E-state index < -0.39 is 0 Å². The van der Waals surface area contributed by atoms with Crippen molar-refractivity contribution in [3.63, 3.8) is 0 Å². The van der Waals surface area contributed by atoms with Gasteiger partial charge in [-0.05, 0) is 31.4 Å². The van der Waals surface area contributed by atoms with Crippen molar-refractivity contribution in [3.8, 4) is 0 Å². The molecule has 20 heavy (non-hydrogen) atoms. The van der Waals surface area contributed by atoms with Crippen LogP contribution in [0.4, 0.5) is 5.69 Å². The van der Waals surface area contributed by atoms with E-state index in [1.807, 2.05) is 31.2 Å². The molecule has 3 heteroatoms. The SMILES string of the molecule is CC(N)c1ccccc1NC(=O)C1CCCCCCC1. The predicted octanol–water partition coefficient (Wildman–Crippen LogP) is 4.01. The Morgan fingerprint density at radius 3 is 2.40 bits per heavy atom. The van der Waals surface area contributed by atoms with Crippen molar-refractivity contribution in [2.24, 2.45) is 11.7 Å². The molecule has 1 aliphatic carbocycles. The number of rotatable bonds is 3. The number of nitrogens with one attached hydrogen (secondary N) is 1. The first kappa shape index (κ1) is 15.0. The number of amides is 1. The van der Waals surface area contributed by atoms with Gasteiger partial charge in [-0.3, -0.25) is 4.79 Å². The summed E-state index contributed by atoms with van der Waals surface area (Å²) in [5.74, 6) is 0.330. The van der Waals surface area contributed by atoms with Gasteiger partial charge in [0.05, 0.1) is 0 Å². The Morgan fingerprint density at radius 2 is 1.75 bits per heavy atom. The summed E-state index contributed by atoms with van der Waals surface area (Å²) in [6, 6.07) is 7.77. The maximum Gasteiger partial charge on any atom is 0.227 e. The smallest absolute Gasteiger partial charge is 0.227 e. The molecule has 1 aliphatic rings. The summed E-state index contributed by atoms with van der Waals surface area (Å²) in [5, 5.41) is 3.09. The molecule has 1 aromatic carbocycles. The lowest BCUT2D eigenvalue weighted by atomic mass is 9.90. The molecule has 110 valence electrons. The summed E-state index contributed by atoms with van der Waals surface area (Å²) in [5.41, 5.74) is 7.84. The second-order valence-corrected chi connectivity index (χ2v) is 5.91. The number of para-hydroxylation sites is 1. The van der Waals surface area contributed by atoms with E-state index in [2.05, 4.69) is 5.32 Å². The van der Waals surface area contributed by atoms with Crippen LogP contribution >= 0.6 is 0 Å². The van der Waals surface area contributed by atoms with Crippen molar-refractivity contribution in [2.75, 3.05) is 5.32 Å². The van der Waals surface area contributed by atoms with Crippen LogP contribution in [0.1, 0.15) is 63.5 Å². The van der Waals surface area contributed by atoms with Crippen LogP contribution in [0.3, 0.4) is 0 Å². The average Bonchev–Trinajstić information content (AvgIpc) is 2.38. The average molecular weight is 274 g/mol. The predicted molar refractivity (Wildman–Crippen MR) is 83.5 cm³/mol. The van der Waals surface area contributed by atoms with Gasteiger partial charge in [0, 0.05) is 17.6 Å². The number of hydrogen-bond acceptors (Lipinski definition) is 2. The third kappa shape index (κ3) is 4.07. The van der Waals surface area contributed by atoms with Crippen LogP contribution in [0.25, 0.3) is 0 Å². The fourth-order valence-electron chi connectivity index (χ4n) is 2.96. The van der Waals surface area contributed by atoms with Gasteiger partial charge in [-0.1, -0.05) is 50.3 Å². The monoisotopic (exact) mass is 274 g/mol. The lowest BCUT2D eigenvalue weighted by molar-refractivity contribution is -0.120. The molecule has 0 aromatic heterocycles. The Morgan fingerprint density at radius 1 is 1.15 bits per heavy atom. The lowest BCUT2D eigenvalue weighted by Gasteiger charge is -2.20. The zero-order valence-electron chi connectivity index (χ0n) is 12.4. The van der Waals surface area contributed by atoms with Crippen LogP contribution in [0.2, 0.25) is 0 Å². The molecule has 1 atom stereocenters. The van der Waals surface area contributed by atoms with E-state index in [-0.39, 0.29) is 17.9 Å². The standard InChI is InChI=1S/C17H26N2O/c1-13(18)15-11-7-8-12-16(15)19-17(20)14-9-5-3-2-4-6-10-14/h7-8,11-14H,2-6,9-10,18H2,1H3,(H,19,20). The number of nitrogens with two attached hydrogens (primary N) is 1. The van der Waals surface area contributed by atoms with E-state index >= 15 is 0 Å². The van der Waals surface area contributed by atoms with Gasteiger partial charge in [-0.25, -0.2) is 0 Å². The van der Waals surface area contributed by atoms with E-state index in [1.54, 1.807) is 0 Å². The molecule has 0 heterocycles. The van der Waals surface area contributed by atoms with Gasteiger partial charge in [0.25, 0.3) is 0 Å². The second kappa shape index (κ2) is 7.44. The Kier molecular flexibility index (Phi) is 5.60. The molecule has 1 unspecified atom stereocenters. The van der Waals surface area contributed by atoms with Gasteiger partial charge in [-0.2, -0.15) is 0 Å². The molecule has 1 aromatic rings. The molecular weight excluding hydrogens is 248 g/mol. The number of anilines is 1. The molecule has 3 nitrogen and oxygen atoms in total. The molecule has 0 bridgehead atoms. The Hall–Kier alpha value is -1.35. The van der Waals surface area contributed by atoms with E-state index in [1.165, 1.54) is 32.1 Å². The van der Waals surface area contributed by atoms with E-state index in [0.29, 0.717) is 0 Å². The normalized spacial score (nSPS) is 18.9. The summed E-state index contributed by atoms with van der Waals surface area (Å²) in [6.45, 7) is 1.95. The summed E-state index contributed by atoms with van der Waals surface area (Å²) in [7, 11) is 0. The van der Waals surface area contributed by atoms with E-state index in [4.69, 9.17) is 5.73 Å². The Bertz CT molecular complexity index is 434. The minimum atomic E-state index is -0.0659. The molecule has 1 fully saturated rings. The van der Waals surface area contributed by atoms with Crippen LogP contribution in [0.5, 0.6) is 0 Å². The number of hydrogen-bond donors (Lipinski definition) is 2. The van der Waals surface area contributed by atoms with Gasteiger partial charge < -0.3 is 11.1 Å². The number of carbonyl (C=O) groups is 1. The minimum absolute atomic E-state index is 0.0659. The van der Waals surface area contributed by atoms with Crippen LogP contribution in [0, 0.1) is 5.92 Å². The van der Waals surface area contributed by atoms with Crippen molar-refractivity contribution >= 4 is 11.6 Å². The largest absolute Gasteiger partial charge is 0.326 e. The molecule has 0 spiro atoms. The third-order valence-corrected chi connectivity index (χ3v) is 4.19. The highest BCUT2D eigenvalue weighted by atomic mass is 16.1. The zero-order valence-corrected chi connectivity index (χ0v) is 12.4. The van der Waals surface area contributed by atoms with Crippen molar-refractivity contribution in [2.45, 2.75) is 57.9 Å². The molecule has 1 amide bonds. The topological polar surface area (TPSA) is 55.1 Å². The van der Waals surface area contributed by atoms with E-state index in [9.17, 15) is 4.79 Å². The fraction of sp³-hybridized carbons (Fsp3) is 0.588. The van der Waals surface area contributed by atoms with Crippen LogP contribution in [0.15, 0.2) is 24.3 Å². The first-order valence-electron chi connectivity index (χ1n) is 7.84. The molecule has 2 rings (SSSR count). The number of benzene rings is 1. The van der Waals surface area contributed by atoms with Gasteiger partial charge in [0.2, 0.25) is 5.91 Å². The fourth-order valence-corrected chi connectivity index (χ4v) is 2.96. The van der Waals surface area contributed by atoms with Crippen molar-refractivity contribution in [1.82, 2.24) is 0 Å². The highest BCUT2D eigenvalue weighted by Gasteiger charge is 2.20. The van der Waals surface area contributed by atoms with Crippen LogP contribution < -0.4 is 11.1 Å².